The van der Waals surface area contributed by atoms with Gasteiger partial charge in [0.05, 0.1) is 6.61 Å². The summed E-state index contributed by atoms with van der Waals surface area (Å²) in [6.07, 6.45) is 0.910. The number of benzene rings is 2. The molecule has 0 bridgehead atoms. The van der Waals surface area contributed by atoms with Crippen LogP contribution in [0.15, 0.2) is 42.5 Å². The van der Waals surface area contributed by atoms with Gasteiger partial charge >= 0.3 is 6.01 Å². The minimum Gasteiger partial charge on any atom is -0.462 e. The predicted octanol–water partition coefficient (Wildman–Crippen LogP) is 3.96. The molecular weight excluding hydrogens is 370 g/mol. The zero-order chi connectivity index (χ0) is 20.4. The van der Waals surface area contributed by atoms with E-state index in [1.54, 1.807) is 24.3 Å². The monoisotopic (exact) mass is 393 g/mol. The Kier molecular flexibility index (Phi) is 5.20. The van der Waals surface area contributed by atoms with Crippen molar-refractivity contribution >= 4 is 5.91 Å². The molecule has 150 valence electrons. The lowest BCUT2D eigenvalue weighted by Gasteiger charge is -2.06. The van der Waals surface area contributed by atoms with E-state index >= 15 is 0 Å². The van der Waals surface area contributed by atoms with E-state index in [1.165, 1.54) is 4.68 Å². The van der Waals surface area contributed by atoms with E-state index in [9.17, 15) is 4.79 Å². The van der Waals surface area contributed by atoms with Crippen LogP contribution in [0.2, 0.25) is 0 Å². The van der Waals surface area contributed by atoms with Crippen molar-refractivity contribution in [1.82, 2.24) is 14.8 Å². The second-order valence-electron chi connectivity index (χ2n) is 7.26. The minimum atomic E-state index is -0.271. The van der Waals surface area contributed by atoms with Gasteiger partial charge in [0.25, 0.3) is 5.91 Å². The second kappa shape index (κ2) is 7.95. The zero-order valence-electron chi connectivity index (χ0n) is 16.7. The number of hydrogen-bond donors (Lipinski definition) is 0. The minimum absolute atomic E-state index is 0.171. The molecule has 1 aliphatic heterocycles. The number of ether oxygens (including phenoxy) is 3. The molecule has 7 heteroatoms. The molecule has 4 rings (SSSR count). The van der Waals surface area contributed by atoms with Crippen molar-refractivity contribution in [3.05, 3.63) is 53.6 Å². The highest BCUT2D eigenvalue weighted by molar-refractivity contribution is 5.97. The Labute approximate surface area is 169 Å². The van der Waals surface area contributed by atoms with Crippen molar-refractivity contribution in [3.63, 3.8) is 0 Å². The number of carbonyl (C=O) groups excluding carboxylic acids is 1. The van der Waals surface area contributed by atoms with Crippen LogP contribution in [0, 0.1) is 5.92 Å². The van der Waals surface area contributed by atoms with Gasteiger partial charge in [-0.05, 0) is 48.2 Å². The molecule has 1 aliphatic rings. The summed E-state index contributed by atoms with van der Waals surface area (Å²) in [6, 6.07) is 13.1. The third-order valence-electron chi connectivity index (χ3n) is 4.57. The smallest absolute Gasteiger partial charge is 0.336 e. The highest BCUT2D eigenvalue weighted by Gasteiger charge is 2.22. The number of nitrogens with zero attached hydrogens (tertiary/aromatic N) is 3. The molecule has 0 radical (unpaired) electrons. The van der Waals surface area contributed by atoms with Crippen molar-refractivity contribution < 1.29 is 19.0 Å². The molecule has 0 saturated carbocycles. The van der Waals surface area contributed by atoms with Gasteiger partial charge in [0.15, 0.2) is 17.3 Å². The fraction of sp³-hybridized carbons (Fsp3) is 0.318. The predicted molar refractivity (Wildman–Crippen MR) is 107 cm³/mol. The fourth-order valence-electron chi connectivity index (χ4n) is 2.96. The van der Waals surface area contributed by atoms with Gasteiger partial charge in [-0.25, -0.2) is 0 Å². The lowest BCUT2D eigenvalue weighted by Crippen LogP contribution is -2.15. The number of rotatable bonds is 6. The molecule has 2 heterocycles. The summed E-state index contributed by atoms with van der Waals surface area (Å²) in [5.41, 5.74) is 2.39. The Hall–Kier alpha value is -3.35. The number of aromatic nitrogens is 3. The first-order valence-electron chi connectivity index (χ1n) is 9.68. The first kappa shape index (κ1) is 19.0. The molecule has 0 N–H and O–H groups in total. The molecule has 0 aliphatic carbocycles. The van der Waals surface area contributed by atoms with Gasteiger partial charge < -0.3 is 14.2 Å². The quantitative estimate of drug-likeness (QED) is 0.631. The summed E-state index contributed by atoms with van der Waals surface area (Å²) in [6.45, 7) is 6.79. The van der Waals surface area contributed by atoms with Crippen molar-refractivity contribution in [2.24, 2.45) is 5.92 Å². The van der Waals surface area contributed by atoms with Crippen LogP contribution in [0.4, 0.5) is 0 Å². The number of fused-ring (bicyclic) bond motifs is 1. The topological polar surface area (TPSA) is 75.5 Å². The standard InChI is InChI=1S/C22H23N3O4/c1-4-15-5-7-16(8-6-15)21(26)25-20(23-22(24-25)27-12-14(2)3)17-9-10-18-19(11-17)29-13-28-18/h5-11,14H,4,12-13H2,1-3H3. The maximum Gasteiger partial charge on any atom is 0.336 e. The van der Waals surface area contributed by atoms with Crippen LogP contribution in [0.5, 0.6) is 17.5 Å². The van der Waals surface area contributed by atoms with Crippen LogP contribution in [0.1, 0.15) is 36.7 Å². The second-order valence-corrected chi connectivity index (χ2v) is 7.26. The van der Waals surface area contributed by atoms with Gasteiger partial charge in [0.2, 0.25) is 6.79 Å². The lowest BCUT2D eigenvalue weighted by molar-refractivity contribution is 0.0944. The van der Waals surface area contributed by atoms with Gasteiger partial charge in [-0.1, -0.05) is 32.9 Å². The molecule has 0 fully saturated rings. The van der Waals surface area contributed by atoms with Gasteiger partial charge in [-0.15, -0.1) is 5.10 Å². The molecule has 0 saturated heterocycles. The highest BCUT2D eigenvalue weighted by Crippen LogP contribution is 2.36. The zero-order valence-corrected chi connectivity index (χ0v) is 16.7. The van der Waals surface area contributed by atoms with Crippen molar-refractivity contribution in [3.8, 4) is 28.9 Å². The summed E-state index contributed by atoms with van der Waals surface area (Å²) in [7, 11) is 0. The molecule has 29 heavy (non-hydrogen) atoms. The molecule has 0 amide bonds. The average molecular weight is 393 g/mol. The Morgan fingerprint density at radius 1 is 1.14 bits per heavy atom. The van der Waals surface area contributed by atoms with Crippen LogP contribution in [0.3, 0.4) is 0 Å². The van der Waals surface area contributed by atoms with Crippen LogP contribution in [0.25, 0.3) is 11.4 Å². The molecule has 0 spiro atoms. The average Bonchev–Trinajstić information content (AvgIpc) is 3.38. The highest BCUT2D eigenvalue weighted by atomic mass is 16.7. The Morgan fingerprint density at radius 3 is 2.62 bits per heavy atom. The Morgan fingerprint density at radius 2 is 1.90 bits per heavy atom. The Bertz CT molecular complexity index is 1030. The van der Waals surface area contributed by atoms with Crippen LogP contribution < -0.4 is 14.2 Å². The first-order chi connectivity index (χ1) is 14.0. The van der Waals surface area contributed by atoms with Gasteiger partial charge in [-0.3, -0.25) is 4.79 Å². The molecule has 0 unspecified atom stereocenters. The number of hydrogen-bond acceptors (Lipinski definition) is 6. The summed E-state index contributed by atoms with van der Waals surface area (Å²) in [5.74, 6) is 1.71. The van der Waals surface area contributed by atoms with Gasteiger partial charge in [0, 0.05) is 11.1 Å². The third-order valence-corrected chi connectivity index (χ3v) is 4.57. The maximum atomic E-state index is 13.2. The van der Waals surface area contributed by atoms with E-state index in [-0.39, 0.29) is 18.7 Å². The van der Waals surface area contributed by atoms with E-state index in [0.717, 1.165) is 12.0 Å². The summed E-state index contributed by atoms with van der Waals surface area (Å²) in [5, 5.41) is 4.33. The molecule has 7 nitrogen and oxygen atoms in total. The van der Waals surface area contributed by atoms with Crippen molar-refractivity contribution in [2.75, 3.05) is 13.4 Å². The molecular formula is C22H23N3O4. The van der Waals surface area contributed by atoms with Gasteiger partial charge in [0.1, 0.15) is 0 Å². The largest absolute Gasteiger partial charge is 0.462 e. The van der Waals surface area contributed by atoms with E-state index < -0.39 is 0 Å². The molecule has 1 aromatic heterocycles. The SMILES string of the molecule is CCc1ccc(C(=O)n2nc(OCC(C)C)nc2-c2ccc3c(c2)OCO3)cc1. The van der Waals surface area contributed by atoms with Crippen LogP contribution >= 0.6 is 0 Å². The van der Waals surface area contributed by atoms with Crippen LogP contribution in [-0.2, 0) is 6.42 Å². The van der Waals surface area contributed by atoms with Crippen molar-refractivity contribution in [1.29, 1.82) is 0 Å². The van der Waals surface area contributed by atoms with E-state index in [4.69, 9.17) is 14.2 Å². The van der Waals surface area contributed by atoms with E-state index in [2.05, 4.69) is 17.0 Å². The van der Waals surface area contributed by atoms with E-state index in [1.807, 2.05) is 32.0 Å². The fourth-order valence-corrected chi connectivity index (χ4v) is 2.96. The van der Waals surface area contributed by atoms with Crippen LogP contribution in [-0.4, -0.2) is 34.1 Å². The normalized spacial score (nSPS) is 12.4. The lowest BCUT2D eigenvalue weighted by atomic mass is 10.1. The molecule has 0 atom stereocenters. The van der Waals surface area contributed by atoms with Gasteiger partial charge in [-0.2, -0.15) is 9.67 Å². The molecule has 2 aromatic carbocycles. The Balaban J connectivity index is 1.73. The summed E-state index contributed by atoms with van der Waals surface area (Å²) in [4.78, 5) is 17.6. The summed E-state index contributed by atoms with van der Waals surface area (Å²) < 4.78 is 17.8. The molecule has 3 aromatic rings. The maximum absolute atomic E-state index is 13.2. The van der Waals surface area contributed by atoms with E-state index in [0.29, 0.717) is 41.0 Å². The number of carbonyl (C=O) groups is 1. The first-order valence-corrected chi connectivity index (χ1v) is 9.68. The number of aryl methyl sites for hydroxylation is 1. The van der Waals surface area contributed by atoms with Crippen molar-refractivity contribution in [2.45, 2.75) is 27.2 Å². The summed E-state index contributed by atoms with van der Waals surface area (Å²) >= 11 is 0. The third kappa shape index (κ3) is 3.94.